The molecule has 3 heteroatoms. The zero-order valence-electron chi connectivity index (χ0n) is 35.4. The third kappa shape index (κ3) is 6.20. The molecule has 0 amide bonds. The Hall–Kier alpha value is -8.66. The second kappa shape index (κ2) is 15.0. The van der Waals surface area contributed by atoms with E-state index in [0.29, 0.717) is 0 Å². The first-order valence-corrected chi connectivity index (χ1v) is 22.2. The predicted molar refractivity (Wildman–Crippen MR) is 274 cm³/mol. The maximum absolute atomic E-state index is 6.49. The van der Waals surface area contributed by atoms with E-state index in [1.54, 1.807) is 0 Å². The Morgan fingerprint density at radius 1 is 0.308 bits per heavy atom. The van der Waals surface area contributed by atoms with Crippen LogP contribution in [-0.4, -0.2) is 4.57 Å². The summed E-state index contributed by atoms with van der Waals surface area (Å²) in [6.45, 7) is 0. The van der Waals surface area contributed by atoms with Crippen molar-refractivity contribution in [3.8, 4) is 39.1 Å². The van der Waals surface area contributed by atoms with E-state index in [1.165, 1.54) is 54.7 Å². The first-order chi connectivity index (χ1) is 32.2. The number of hydrogen-bond donors (Lipinski definition) is 0. The van der Waals surface area contributed by atoms with Crippen LogP contribution in [0.1, 0.15) is 0 Å². The molecule has 0 fully saturated rings. The van der Waals surface area contributed by atoms with Crippen LogP contribution in [0.25, 0.3) is 104 Å². The Labute approximate surface area is 376 Å². The minimum absolute atomic E-state index is 0.893. The van der Waals surface area contributed by atoms with Crippen molar-refractivity contribution in [1.82, 2.24) is 4.57 Å². The zero-order chi connectivity index (χ0) is 42.8. The van der Waals surface area contributed by atoms with E-state index in [2.05, 4.69) is 252 Å². The summed E-state index contributed by atoms with van der Waals surface area (Å²) in [5.74, 6) is 0. The van der Waals surface area contributed by atoms with Crippen LogP contribution in [0.3, 0.4) is 0 Å². The summed E-state index contributed by atoms with van der Waals surface area (Å²) >= 11 is 0. The highest BCUT2D eigenvalue weighted by Crippen LogP contribution is 2.41. The van der Waals surface area contributed by atoms with E-state index in [9.17, 15) is 0 Å². The molecule has 2 heterocycles. The lowest BCUT2D eigenvalue weighted by Gasteiger charge is -2.26. The van der Waals surface area contributed by atoms with Gasteiger partial charge in [-0.15, -0.1) is 0 Å². The van der Waals surface area contributed by atoms with E-state index in [4.69, 9.17) is 4.42 Å². The van der Waals surface area contributed by atoms with Crippen molar-refractivity contribution >= 4 is 82.4 Å². The number of aromatic nitrogens is 1. The van der Waals surface area contributed by atoms with Crippen LogP contribution in [0, 0.1) is 0 Å². The summed E-state index contributed by atoms with van der Waals surface area (Å²) in [6.07, 6.45) is 0. The molecule has 0 aliphatic rings. The minimum atomic E-state index is 0.893. The van der Waals surface area contributed by atoms with Gasteiger partial charge in [-0.1, -0.05) is 164 Å². The number of para-hydroxylation sites is 2. The summed E-state index contributed by atoms with van der Waals surface area (Å²) in [5.41, 5.74) is 15.6. The van der Waals surface area contributed by atoms with Gasteiger partial charge >= 0.3 is 0 Å². The second-order valence-electron chi connectivity index (χ2n) is 16.9. The van der Waals surface area contributed by atoms with Gasteiger partial charge in [0.2, 0.25) is 0 Å². The van der Waals surface area contributed by atoms with Gasteiger partial charge in [0, 0.05) is 49.7 Å². The van der Waals surface area contributed by atoms with Gasteiger partial charge in [-0.3, -0.25) is 0 Å². The second-order valence-corrected chi connectivity index (χ2v) is 16.9. The number of hydrogen-bond acceptors (Lipinski definition) is 2. The number of benzene rings is 11. The lowest BCUT2D eigenvalue weighted by molar-refractivity contribution is 0.672. The van der Waals surface area contributed by atoms with Crippen molar-refractivity contribution in [3.05, 3.63) is 243 Å². The van der Waals surface area contributed by atoms with Crippen molar-refractivity contribution in [2.45, 2.75) is 0 Å². The molecule has 0 unspecified atom stereocenters. The van der Waals surface area contributed by atoms with Crippen molar-refractivity contribution < 1.29 is 4.42 Å². The van der Waals surface area contributed by atoms with Crippen molar-refractivity contribution in [2.75, 3.05) is 4.90 Å². The van der Waals surface area contributed by atoms with Gasteiger partial charge in [0.1, 0.15) is 11.2 Å². The Balaban J connectivity index is 0.905. The van der Waals surface area contributed by atoms with Crippen LogP contribution in [-0.2, 0) is 0 Å². The SMILES string of the molecule is c1cc(-c2ccc3oc4c5ccccc5ccc4c3c2)cc(N(c2ccc(-c3cccc(-n4c5ccccc5c5ccccc54)c3)cc2)c2ccc(-c3cccc4ccccc34)cc2)c1. The van der Waals surface area contributed by atoms with E-state index < -0.39 is 0 Å². The molecule has 0 aliphatic heterocycles. The minimum Gasteiger partial charge on any atom is -0.455 e. The van der Waals surface area contributed by atoms with Crippen LogP contribution in [0.2, 0.25) is 0 Å². The predicted octanol–water partition coefficient (Wildman–Crippen LogP) is 17.5. The maximum atomic E-state index is 6.49. The molecule has 13 aromatic rings. The maximum Gasteiger partial charge on any atom is 0.143 e. The molecule has 0 N–H and O–H groups in total. The van der Waals surface area contributed by atoms with Gasteiger partial charge in [-0.25, -0.2) is 0 Å². The quantitative estimate of drug-likeness (QED) is 0.160. The zero-order valence-corrected chi connectivity index (χ0v) is 35.4. The molecule has 65 heavy (non-hydrogen) atoms. The van der Waals surface area contributed by atoms with Crippen LogP contribution in [0.4, 0.5) is 17.1 Å². The van der Waals surface area contributed by atoms with Gasteiger partial charge < -0.3 is 13.9 Å². The lowest BCUT2D eigenvalue weighted by Crippen LogP contribution is -2.10. The van der Waals surface area contributed by atoms with Crippen LogP contribution >= 0.6 is 0 Å². The van der Waals surface area contributed by atoms with Crippen molar-refractivity contribution in [2.24, 2.45) is 0 Å². The number of furan rings is 1. The summed E-state index contributed by atoms with van der Waals surface area (Å²) in [7, 11) is 0. The lowest BCUT2D eigenvalue weighted by atomic mass is 9.98. The fourth-order valence-corrected chi connectivity index (χ4v) is 10.1. The molecule has 0 saturated carbocycles. The summed E-state index contributed by atoms with van der Waals surface area (Å²) < 4.78 is 8.87. The fraction of sp³-hybridized carbons (Fsp3) is 0. The molecule has 0 saturated heterocycles. The third-order valence-corrected chi connectivity index (χ3v) is 13.2. The molecular formula is C62H40N2O. The molecule has 0 aliphatic carbocycles. The van der Waals surface area contributed by atoms with E-state index >= 15 is 0 Å². The molecule has 2 aromatic heterocycles. The summed E-state index contributed by atoms with van der Waals surface area (Å²) in [6, 6.07) is 87.7. The standard InChI is InChI=1S/C62H40N2O/c1-3-19-52-42(12-1)14-11-23-53(52)44-28-34-49(35-29-44)63(50-17-10-16-46(39-50)47-31-37-61-58(40-47)57-36-30-43-13-2-4-20-54(43)62(57)65-61)48-32-26-41(27-33-48)45-15-9-18-51(38-45)64-59-24-7-5-21-55(59)56-22-6-8-25-60(56)64/h1-40H. The first kappa shape index (κ1) is 36.9. The Morgan fingerprint density at radius 2 is 0.862 bits per heavy atom. The number of nitrogens with zero attached hydrogens (tertiary/aromatic N) is 2. The molecule has 13 rings (SSSR count). The monoisotopic (exact) mass is 828 g/mol. The molecule has 0 spiro atoms. The van der Waals surface area contributed by atoms with Gasteiger partial charge in [0.25, 0.3) is 0 Å². The largest absolute Gasteiger partial charge is 0.455 e. The Bertz CT molecular complexity index is 3890. The fourth-order valence-electron chi connectivity index (χ4n) is 10.1. The molecular weight excluding hydrogens is 789 g/mol. The Morgan fingerprint density at radius 3 is 1.60 bits per heavy atom. The van der Waals surface area contributed by atoms with Crippen LogP contribution < -0.4 is 4.90 Å². The Kier molecular flexibility index (Phi) is 8.53. The van der Waals surface area contributed by atoms with E-state index in [1.807, 2.05) is 0 Å². The normalized spacial score (nSPS) is 11.7. The summed E-state index contributed by atoms with van der Waals surface area (Å²) in [4.78, 5) is 2.37. The topological polar surface area (TPSA) is 21.3 Å². The number of rotatable bonds is 7. The molecule has 0 bridgehead atoms. The van der Waals surface area contributed by atoms with Crippen LogP contribution in [0.5, 0.6) is 0 Å². The molecule has 304 valence electrons. The molecule has 0 radical (unpaired) electrons. The van der Waals surface area contributed by atoms with Gasteiger partial charge in [-0.2, -0.15) is 0 Å². The number of fused-ring (bicyclic) bond motifs is 9. The highest BCUT2D eigenvalue weighted by atomic mass is 16.3. The van der Waals surface area contributed by atoms with Crippen molar-refractivity contribution in [3.63, 3.8) is 0 Å². The molecule has 11 aromatic carbocycles. The first-order valence-electron chi connectivity index (χ1n) is 22.2. The molecule has 3 nitrogen and oxygen atoms in total. The van der Waals surface area contributed by atoms with E-state index in [0.717, 1.165) is 66.8 Å². The third-order valence-electron chi connectivity index (χ3n) is 13.2. The average Bonchev–Trinajstić information content (AvgIpc) is 3.93. The highest BCUT2D eigenvalue weighted by Gasteiger charge is 2.18. The van der Waals surface area contributed by atoms with Gasteiger partial charge in [-0.05, 0) is 128 Å². The average molecular weight is 829 g/mol. The van der Waals surface area contributed by atoms with E-state index in [-0.39, 0.29) is 0 Å². The molecule has 0 atom stereocenters. The smallest absolute Gasteiger partial charge is 0.143 e. The highest BCUT2D eigenvalue weighted by molar-refractivity contribution is 6.15. The summed E-state index contributed by atoms with van der Waals surface area (Å²) in [5, 5.41) is 9.57. The van der Waals surface area contributed by atoms with Gasteiger partial charge in [0.15, 0.2) is 0 Å². The van der Waals surface area contributed by atoms with Crippen molar-refractivity contribution in [1.29, 1.82) is 0 Å². The van der Waals surface area contributed by atoms with Crippen LogP contribution in [0.15, 0.2) is 247 Å². The number of anilines is 3. The van der Waals surface area contributed by atoms with Gasteiger partial charge in [0.05, 0.1) is 11.0 Å².